The van der Waals surface area contributed by atoms with Gasteiger partial charge in [-0.1, -0.05) is 6.07 Å². The number of hydrogen-bond acceptors (Lipinski definition) is 4. The van der Waals surface area contributed by atoms with E-state index in [-0.39, 0.29) is 11.9 Å². The zero-order chi connectivity index (χ0) is 16.9. The number of benzene rings is 1. The van der Waals surface area contributed by atoms with E-state index in [4.69, 9.17) is 9.47 Å². The highest BCUT2D eigenvalue weighted by Crippen LogP contribution is 2.27. The van der Waals surface area contributed by atoms with Gasteiger partial charge in [0.05, 0.1) is 24.9 Å². The number of likely N-dealkylation sites (tertiary alicyclic amines) is 1. The van der Waals surface area contributed by atoms with Gasteiger partial charge in [0, 0.05) is 13.2 Å². The summed E-state index contributed by atoms with van der Waals surface area (Å²) in [5.74, 6) is 0.779. The molecule has 2 fully saturated rings. The number of methoxy groups -OCH3 is 1. The number of nitrogens with one attached hydrogen (secondary N) is 1. The molecular weight excluding hydrogens is 304 g/mol. The zero-order valence-corrected chi connectivity index (χ0v) is 14.7. The Morgan fingerprint density at radius 2 is 2.25 bits per heavy atom. The van der Waals surface area contributed by atoms with Crippen molar-refractivity contribution in [3.05, 3.63) is 23.8 Å². The van der Waals surface area contributed by atoms with E-state index in [0.717, 1.165) is 56.6 Å². The molecule has 2 saturated heterocycles. The summed E-state index contributed by atoms with van der Waals surface area (Å²) < 4.78 is 11.1. The number of carbonyl (C=O) groups excluding carboxylic acids is 1. The van der Waals surface area contributed by atoms with Gasteiger partial charge in [-0.05, 0) is 63.3 Å². The van der Waals surface area contributed by atoms with Crippen LogP contribution in [-0.4, -0.2) is 49.8 Å². The van der Waals surface area contributed by atoms with E-state index in [1.165, 1.54) is 6.42 Å². The van der Waals surface area contributed by atoms with Gasteiger partial charge in [0.25, 0.3) is 0 Å². The van der Waals surface area contributed by atoms with Crippen LogP contribution in [0, 0.1) is 6.92 Å². The number of ether oxygens (including phenoxy) is 2. The molecule has 0 spiro atoms. The number of carbonyl (C=O) groups is 1. The average Bonchev–Trinajstić information content (AvgIpc) is 3.24. The number of anilines is 1. The molecule has 1 aromatic rings. The van der Waals surface area contributed by atoms with Crippen LogP contribution in [0.3, 0.4) is 0 Å². The summed E-state index contributed by atoms with van der Waals surface area (Å²) in [7, 11) is 1.63. The summed E-state index contributed by atoms with van der Waals surface area (Å²) in [6, 6.07) is 5.80. The minimum absolute atomic E-state index is 0.0448. The first-order valence-corrected chi connectivity index (χ1v) is 8.98. The lowest BCUT2D eigenvalue weighted by molar-refractivity contribution is -0.120. The van der Waals surface area contributed by atoms with Gasteiger partial charge in [-0.15, -0.1) is 0 Å². The van der Waals surface area contributed by atoms with Gasteiger partial charge >= 0.3 is 0 Å². The van der Waals surface area contributed by atoms with Crippen molar-refractivity contribution in [3.63, 3.8) is 0 Å². The van der Waals surface area contributed by atoms with E-state index in [2.05, 4.69) is 10.2 Å². The second kappa shape index (κ2) is 7.99. The molecule has 5 nitrogen and oxygen atoms in total. The molecule has 2 aliphatic rings. The largest absolute Gasteiger partial charge is 0.495 e. The van der Waals surface area contributed by atoms with Crippen LogP contribution in [0.25, 0.3) is 0 Å². The lowest BCUT2D eigenvalue weighted by Gasteiger charge is -2.25. The highest BCUT2D eigenvalue weighted by molar-refractivity contribution is 5.96. The molecule has 0 aromatic heterocycles. The molecule has 0 radical (unpaired) electrons. The first kappa shape index (κ1) is 17.2. The molecule has 24 heavy (non-hydrogen) atoms. The molecule has 0 bridgehead atoms. The van der Waals surface area contributed by atoms with Crippen LogP contribution in [0.15, 0.2) is 18.2 Å². The predicted molar refractivity (Wildman–Crippen MR) is 94.5 cm³/mol. The fourth-order valence-electron chi connectivity index (χ4n) is 3.71. The average molecular weight is 332 g/mol. The number of hydrogen-bond donors (Lipinski definition) is 1. The van der Waals surface area contributed by atoms with E-state index in [1.54, 1.807) is 7.11 Å². The van der Waals surface area contributed by atoms with Crippen molar-refractivity contribution in [3.8, 4) is 5.75 Å². The van der Waals surface area contributed by atoms with E-state index < -0.39 is 0 Å². The van der Waals surface area contributed by atoms with Crippen LogP contribution >= 0.6 is 0 Å². The maximum absolute atomic E-state index is 12.8. The lowest BCUT2D eigenvalue weighted by atomic mass is 10.1. The van der Waals surface area contributed by atoms with Gasteiger partial charge in [0.2, 0.25) is 5.91 Å². The van der Waals surface area contributed by atoms with Crippen LogP contribution in [-0.2, 0) is 9.53 Å². The summed E-state index contributed by atoms with van der Waals surface area (Å²) in [5, 5.41) is 3.07. The Labute approximate surface area is 144 Å². The first-order valence-electron chi connectivity index (χ1n) is 8.98. The standard InChI is InChI=1S/C19H28N2O3/c1-14-7-8-18(23-2)16(13-14)20-19(22)17-6-3-10-21(17)11-9-15-5-4-12-24-15/h7-8,13,15,17H,3-6,9-12H2,1-2H3,(H,20,22)/t15-,17+/m1/s1. The molecule has 5 heteroatoms. The Morgan fingerprint density at radius 1 is 1.38 bits per heavy atom. The lowest BCUT2D eigenvalue weighted by Crippen LogP contribution is -2.40. The summed E-state index contributed by atoms with van der Waals surface area (Å²) in [6.45, 7) is 4.84. The van der Waals surface area contributed by atoms with Gasteiger partial charge in [0.1, 0.15) is 5.75 Å². The van der Waals surface area contributed by atoms with E-state index >= 15 is 0 Å². The van der Waals surface area contributed by atoms with Crippen LogP contribution in [0.4, 0.5) is 5.69 Å². The highest BCUT2D eigenvalue weighted by Gasteiger charge is 2.31. The Balaban J connectivity index is 1.59. The van der Waals surface area contributed by atoms with E-state index in [9.17, 15) is 4.79 Å². The Hall–Kier alpha value is -1.59. The van der Waals surface area contributed by atoms with Crippen molar-refractivity contribution in [1.29, 1.82) is 0 Å². The molecule has 2 atom stereocenters. The van der Waals surface area contributed by atoms with Gasteiger partial charge in [-0.25, -0.2) is 0 Å². The van der Waals surface area contributed by atoms with Crippen molar-refractivity contribution < 1.29 is 14.3 Å². The SMILES string of the molecule is COc1ccc(C)cc1NC(=O)[C@@H]1CCCN1CC[C@H]1CCCO1. The first-order chi connectivity index (χ1) is 11.7. The maximum Gasteiger partial charge on any atom is 0.241 e. The van der Waals surface area contributed by atoms with Gasteiger partial charge < -0.3 is 14.8 Å². The Kier molecular flexibility index (Phi) is 5.74. The second-order valence-corrected chi connectivity index (χ2v) is 6.81. The number of amides is 1. The van der Waals surface area contributed by atoms with Crippen LogP contribution in [0.1, 0.15) is 37.7 Å². The molecular formula is C19H28N2O3. The maximum atomic E-state index is 12.8. The molecule has 0 aliphatic carbocycles. The fraction of sp³-hybridized carbons (Fsp3) is 0.632. The third-order valence-corrected chi connectivity index (χ3v) is 5.04. The smallest absolute Gasteiger partial charge is 0.241 e. The summed E-state index contributed by atoms with van der Waals surface area (Å²) in [6.07, 6.45) is 5.73. The number of aryl methyl sites for hydroxylation is 1. The topological polar surface area (TPSA) is 50.8 Å². The third-order valence-electron chi connectivity index (χ3n) is 5.04. The highest BCUT2D eigenvalue weighted by atomic mass is 16.5. The second-order valence-electron chi connectivity index (χ2n) is 6.81. The van der Waals surface area contributed by atoms with Gasteiger partial charge in [-0.2, -0.15) is 0 Å². The van der Waals surface area contributed by atoms with Crippen LogP contribution < -0.4 is 10.1 Å². The Bertz CT molecular complexity index is 570. The molecule has 0 unspecified atom stereocenters. The summed E-state index contributed by atoms with van der Waals surface area (Å²) >= 11 is 0. The number of nitrogens with zero attached hydrogens (tertiary/aromatic N) is 1. The zero-order valence-electron chi connectivity index (χ0n) is 14.7. The molecule has 1 N–H and O–H groups in total. The minimum Gasteiger partial charge on any atom is -0.495 e. The van der Waals surface area contributed by atoms with Crippen LogP contribution in [0.2, 0.25) is 0 Å². The van der Waals surface area contributed by atoms with Crippen LogP contribution in [0.5, 0.6) is 5.75 Å². The molecule has 1 amide bonds. The molecule has 3 rings (SSSR count). The van der Waals surface area contributed by atoms with Crippen molar-refractivity contribution >= 4 is 11.6 Å². The molecule has 1 aromatic carbocycles. The quantitative estimate of drug-likeness (QED) is 0.870. The Morgan fingerprint density at radius 3 is 3.00 bits per heavy atom. The van der Waals surface area contributed by atoms with Gasteiger partial charge in [-0.3, -0.25) is 9.69 Å². The van der Waals surface area contributed by atoms with Gasteiger partial charge in [0.15, 0.2) is 0 Å². The number of rotatable bonds is 6. The predicted octanol–water partition coefficient (Wildman–Crippen LogP) is 2.98. The molecule has 0 saturated carbocycles. The summed E-state index contributed by atoms with van der Waals surface area (Å²) in [4.78, 5) is 15.1. The van der Waals surface area contributed by atoms with E-state index in [0.29, 0.717) is 11.9 Å². The monoisotopic (exact) mass is 332 g/mol. The van der Waals surface area contributed by atoms with Crippen molar-refractivity contribution in [2.75, 3.05) is 32.1 Å². The van der Waals surface area contributed by atoms with Crippen molar-refractivity contribution in [1.82, 2.24) is 4.90 Å². The molecule has 2 heterocycles. The summed E-state index contributed by atoms with van der Waals surface area (Å²) in [5.41, 5.74) is 1.86. The molecule has 132 valence electrons. The minimum atomic E-state index is -0.0448. The third kappa shape index (κ3) is 4.08. The van der Waals surface area contributed by atoms with Crippen molar-refractivity contribution in [2.45, 2.75) is 51.2 Å². The normalized spacial score (nSPS) is 24.2. The fourth-order valence-corrected chi connectivity index (χ4v) is 3.71. The van der Waals surface area contributed by atoms with E-state index in [1.807, 2.05) is 25.1 Å². The van der Waals surface area contributed by atoms with Crippen molar-refractivity contribution in [2.24, 2.45) is 0 Å². The molecule has 2 aliphatic heterocycles.